The molecule has 0 aliphatic heterocycles. The molecule has 1 N–H and O–H groups in total. The van der Waals surface area contributed by atoms with E-state index in [0.717, 1.165) is 12.8 Å². The molecular weight excluding hydrogens is 264 g/mol. The number of hydrogen-bond donors (Lipinski definition) is 1. The first-order valence-electron chi connectivity index (χ1n) is 7.00. The zero-order valence-corrected chi connectivity index (χ0v) is 12.1. The molecule has 2 aromatic rings. The van der Waals surface area contributed by atoms with Gasteiger partial charge < -0.3 is 9.84 Å². The summed E-state index contributed by atoms with van der Waals surface area (Å²) >= 11 is 0. The van der Waals surface area contributed by atoms with Crippen LogP contribution in [0.1, 0.15) is 35.7 Å². The van der Waals surface area contributed by atoms with Crippen LogP contribution in [0.4, 0.5) is 0 Å². The fourth-order valence-electron chi connectivity index (χ4n) is 2.10. The largest absolute Gasteiger partial charge is 0.507 e. The third-order valence-electron chi connectivity index (χ3n) is 3.20. The molecule has 0 aliphatic rings. The number of hydrogen-bond acceptors (Lipinski definition) is 3. The van der Waals surface area contributed by atoms with Crippen molar-refractivity contribution in [1.82, 2.24) is 0 Å². The first-order valence-corrected chi connectivity index (χ1v) is 7.00. The van der Waals surface area contributed by atoms with Gasteiger partial charge >= 0.3 is 0 Å². The summed E-state index contributed by atoms with van der Waals surface area (Å²) < 4.78 is 5.66. The summed E-state index contributed by atoms with van der Waals surface area (Å²) in [6.45, 7) is 5.73. The minimum Gasteiger partial charge on any atom is -0.507 e. The Labute approximate surface area is 125 Å². The number of phenolic OH excluding ortho intramolecular Hbond substituents is 1. The highest BCUT2D eigenvalue weighted by molar-refractivity contribution is 6.10. The Bertz CT molecular complexity index is 605. The number of aromatic hydroxyl groups is 1. The SMILES string of the molecule is [CH2]CCC(C)Oc1ccc(C(=O)c2ccccc2)c(O)c1. The molecule has 0 saturated carbocycles. The Morgan fingerprint density at radius 2 is 1.95 bits per heavy atom. The number of carbonyl (C=O) groups excluding carboxylic acids is 1. The standard InChI is InChI=1S/C18H19O3/c1-3-7-13(2)21-15-10-11-16(17(19)12-15)18(20)14-8-5-4-6-9-14/h4-6,8-13,19H,1,3,7H2,2H3. The van der Waals surface area contributed by atoms with E-state index in [1.807, 2.05) is 13.0 Å². The molecule has 2 rings (SSSR count). The molecule has 1 atom stereocenters. The van der Waals surface area contributed by atoms with Crippen LogP contribution in [0, 0.1) is 6.92 Å². The molecule has 2 aromatic carbocycles. The molecule has 0 bridgehead atoms. The Kier molecular flexibility index (Phi) is 4.99. The van der Waals surface area contributed by atoms with Crippen LogP contribution in [-0.2, 0) is 0 Å². The predicted octanol–water partition coefficient (Wildman–Crippen LogP) is 4.00. The van der Waals surface area contributed by atoms with E-state index in [1.54, 1.807) is 36.4 Å². The van der Waals surface area contributed by atoms with Crippen LogP contribution in [0.5, 0.6) is 11.5 Å². The monoisotopic (exact) mass is 283 g/mol. The predicted molar refractivity (Wildman–Crippen MR) is 82.7 cm³/mol. The van der Waals surface area contributed by atoms with Gasteiger partial charge in [-0.05, 0) is 31.9 Å². The van der Waals surface area contributed by atoms with Crippen LogP contribution in [0.3, 0.4) is 0 Å². The fourth-order valence-corrected chi connectivity index (χ4v) is 2.10. The van der Waals surface area contributed by atoms with E-state index in [-0.39, 0.29) is 23.2 Å². The van der Waals surface area contributed by atoms with Gasteiger partial charge in [-0.3, -0.25) is 4.79 Å². The van der Waals surface area contributed by atoms with Gasteiger partial charge in [-0.25, -0.2) is 0 Å². The third-order valence-corrected chi connectivity index (χ3v) is 3.20. The average Bonchev–Trinajstić information content (AvgIpc) is 2.48. The van der Waals surface area contributed by atoms with Gasteiger partial charge in [-0.15, -0.1) is 0 Å². The highest BCUT2D eigenvalue weighted by Gasteiger charge is 2.14. The quantitative estimate of drug-likeness (QED) is 0.815. The number of carbonyl (C=O) groups is 1. The van der Waals surface area contributed by atoms with E-state index >= 15 is 0 Å². The van der Waals surface area contributed by atoms with Gasteiger partial charge in [0.05, 0.1) is 11.7 Å². The number of phenols is 1. The summed E-state index contributed by atoms with van der Waals surface area (Å²) in [6, 6.07) is 13.7. The molecule has 0 aliphatic carbocycles. The van der Waals surface area contributed by atoms with E-state index in [2.05, 4.69) is 6.92 Å². The number of ether oxygens (including phenoxy) is 1. The van der Waals surface area contributed by atoms with Crippen molar-refractivity contribution >= 4 is 5.78 Å². The van der Waals surface area contributed by atoms with Crippen molar-refractivity contribution in [2.45, 2.75) is 25.9 Å². The van der Waals surface area contributed by atoms with Gasteiger partial charge in [0.1, 0.15) is 11.5 Å². The highest BCUT2D eigenvalue weighted by atomic mass is 16.5. The molecule has 0 saturated heterocycles. The Hall–Kier alpha value is -2.29. The maximum atomic E-state index is 12.3. The zero-order chi connectivity index (χ0) is 15.2. The van der Waals surface area contributed by atoms with Crippen LogP contribution < -0.4 is 4.74 Å². The number of benzene rings is 2. The van der Waals surface area contributed by atoms with Crippen molar-refractivity contribution in [3.8, 4) is 11.5 Å². The van der Waals surface area contributed by atoms with Crippen molar-refractivity contribution in [3.63, 3.8) is 0 Å². The van der Waals surface area contributed by atoms with Gasteiger partial charge in [-0.2, -0.15) is 0 Å². The van der Waals surface area contributed by atoms with Gasteiger partial charge in [-0.1, -0.05) is 37.3 Å². The highest BCUT2D eigenvalue weighted by Crippen LogP contribution is 2.26. The minimum absolute atomic E-state index is 0.0255. The Morgan fingerprint density at radius 1 is 1.24 bits per heavy atom. The summed E-state index contributed by atoms with van der Waals surface area (Å²) in [6.07, 6.45) is 1.65. The van der Waals surface area contributed by atoms with Gasteiger partial charge in [0, 0.05) is 11.6 Å². The summed E-state index contributed by atoms with van der Waals surface area (Å²) in [4.78, 5) is 12.3. The maximum absolute atomic E-state index is 12.3. The Morgan fingerprint density at radius 3 is 2.57 bits per heavy atom. The van der Waals surface area contributed by atoms with Gasteiger partial charge in [0.25, 0.3) is 0 Å². The van der Waals surface area contributed by atoms with Gasteiger partial charge in [0.15, 0.2) is 5.78 Å². The van der Waals surface area contributed by atoms with Crippen molar-refractivity contribution in [2.24, 2.45) is 0 Å². The lowest BCUT2D eigenvalue weighted by molar-refractivity contribution is 0.103. The summed E-state index contributed by atoms with van der Waals surface area (Å²) in [5.41, 5.74) is 0.824. The molecule has 0 amide bonds. The Balaban J connectivity index is 2.18. The van der Waals surface area contributed by atoms with Crippen molar-refractivity contribution in [2.75, 3.05) is 0 Å². The lowest BCUT2D eigenvalue weighted by atomic mass is 10.0. The fraction of sp³-hybridized carbons (Fsp3) is 0.222. The topological polar surface area (TPSA) is 46.5 Å². The molecule has 1 radical (unpaired) electrons. The zero-order valence-electron chi connectivity index (χ0n) is 12.1. The van der Waals surface area contributed by atoms with E-state index in [0.29, 0.717) is 11.3 Å². The third kappa shape index (κ3) is 3.85. The number of rotatable bonds is 6. The first kappa shape index (κ1) is 15.1. The number of ketones is 1. The van der Waals surface area contributed by atoms with Crippen LogP contribution in [0.25, 0.3) is 0 Å². The second-order valence-corrected chi connectivity index (χ2v) is 4.94. The van der Waals surface area contributed by atoms with Crippen LogP contribution >= 0.6 is 0 Å². The van der Waals surface area contributed by atoms with E-state index < -0.39 is 0 Å². The van der Waals surface area contributed by atoms with Crippen LogP contribution in [-0.4, -0.2) is 17.0 Å². The second-order valence-electron chi connectivity index (χ2n) is 4.94. The molecular formula is C18H19O3. The van der Waals surface area contributed by atoms with Crippen molar-refractivity contribution in [3.05, 3.63) is 66.6 Å². The maximum Gasteiger partial charge on any atom is 0.196 e. The minimum atomic E-state index is -0.203. The van der Waals surface area contributed by atoms with E-state index in [1.165, 1.54) is 6.07 Å². The smallest absolute Gasteiger partial charge is 0.196 e. The van der Waals surface area contributed by atoms with E-state index in [9.17, 15) is 9.90 Å². The molecule has 3 nitrogen and oxygen atoms in total. The van der Waals surface area contributed by atoms with Crippen LogP contribution in [0.2, 0.25) is 0 Å². The van der Waals surface area contributed by atoms with Crippen LogP contribution in [0.15, 0.2) is 48.5 Å². The molecule has 1 unspecified atom stereocenters. The lowest BCUT2D eigenvalue weighted by Gasteiger charge is -2.14. The molecule has 0 spiro atoms. The second kappa shape index (κ2) is 6.93. The van der Waals surface area contributed by atoms with E-state index in [4.69, 9.17) is 4.74 Å². The normalized spacial score (nSPS) is 11.9. The summed E-state index contributed by atoms with van der Waals surface area (Å²) in [5.74, 6) is 0.284. The van der Waals surface area contributed by atoms with Gasteiger partial charge in [0.2, 0.25) is 0 Å². The summed E-state index contributed by atoms with van der Waals surface area (Å²) in [5, 5.41) is 10.1. The molecule has 0 aromatic heterocycles. The molecule has 21 heavy (non-hydrogen) atoms. The van der Waals surface area contributed by atoms with Crippen molar-refractivity contribution in [1.29, 1.82) is 0 Å². The average molecular weight is 283 g/mol. The lowest BCUT2D eigenvalue weighted by Crippen LogP contribution is -2.11. The molecule has 0 heterocycles. The molecule has 0 fully saturated rings. The molecule has 3 heteroatoms. The summed E-state index contributed by atoms with van der Waals surface area (Å²) in [7, 11) is 0. The van der Waals surface area contributed by atoms with Crippen molar-refractivity contribution < 1.29 is 14.6 Å². The molecule has 109 valence electrons. The first-order chi connectivity index (χ1) is 10.1.